The van der Waals surface area contributed by atoms with E-state index in [1.165, 1.54) is 0 Å². The third-order valence-electron chi connectivity index (χ3n) is 4.26. The number of benzene rings is 2. The Hall–Kier alpha value is -1.68. The summed E-state index contributed by atoms with van der Waals surface area (Å²) in [5.74, 6) is -0.482. The normalized spacial score (nSPS) is 13.7. The molecule has 0 heterocycles. The van der Waals surface area contributed by atoms with E-state index in [2.05, 4.69) is 0 Å². The van der Waals surface area contributed by atoms with E-state index in [0.717, 1.165) is 11.1 Å². The van der Waals surface area contributed by atoms with Gasteiger partial charge < -0.3 is 0 Å². The van der Waals surface area contributed by atoms with Crippen molar-refractivity contribution in [1.82, 2.24) is 0 Å². The van der Waals surface area contributed by atoms with Crippen LogP contribution in [0.25, 0.3) is 0 Å². The van der Waals surface area contributed by atoms with Crippen LogP contribution in [0.1, 0.15) is 59.5 Å². The summed E-state index contributed by atoms with van der Waals surface area (Å²) in [6.45, 7) is 11.2. The summed E-state index contributed by atoms with van der Waals surface area (Å²) in [6.07, 6.45) is 0. The van der Waals surface area contributed by atoms with Gasteiger partial charge in [-0.05, 0) is 0 Å². The van der Waals surface area contributed by atoms with Crippen LogP contribution in [0.3, 0.4) is 0 Å². The molecule has 0 aromatic heterocycles. The van der Waals surface area contributed by atoms with Crippen molar-refractivity contribution in [2.45, 2.75) is 59.6 Å². The van der Waals surface area contributed by atoms with Crippen molar-refractivity contribution in [2.75, 3.05) is 0 Å². The Morgan fingerprint density at radius 1 is 0.655 bits per heavy atom. The molecule has 152 valence electrons. The SMILES string of the molecule is CC(C)(C)OC(=O)[CH]([Hg][CH](C(=O)OC(C)(C)C)c1ccccc1)c1ccccc1. The second-order valence-electron chi connectivity index (χ2n) is 9.23. The standard InChI is InChI=1S/2C12H15O2.Hg/c2*1-12(2,3)14-11(13)9-10-7-5-4-6-8-10;/h2*4-9H,1-3H3;. The Morgan fingerprint density at radius 3 is 1.24 bits per heavy atom. The van der Waals surface area contributed by atoms with Crippen molar-refractivity contribution >= 4 is 11.9 Å². The van der Waals surface area contributed by atoms with Crippen LogP contribution in [-0.2, 0) is 43.6 Å². The van der Waals surface area contributed by atoms with Gasteiger partial charge in [-0.3, -0.25) is 0 Å². The molecule has 0 bridgehead atoms. The third-order valence-corrected chi connectivity index (χ3v) is 14.2. The maximum atomic E-state index is 13.1. The van der Waals surface area contributed by atoms with Gasteiger partial charge >= 0.3 is 187 Å². The Bertz CT molecular complexity index is 735. The van der Waals surface area contributed by atoms with Crippen LogP contribution in [0.5, 0.6) is 0 Å². The summed E-state index contributed by atoms with van der Waals surface area (Å²) in [6, 6.07) is 19.3. The van der Waals surface area contributed by atoms with Gasteiger partial charge in [-0.2, -0.15) is 0 Å². The van der Waals surface area contributed by atoms with E-state index in [9.17, 15) is 9.59 Å². The molecule has 2 unspecified atom stereocenters. The molecule has 0 spiro atoms. The summed E-state index contributed by atoms with van der Waals surface area (Å²) >= 11 is -2.31. The topological polar surface area (TPSA) is 52.6 Å². The zero-order chi connectivity index (χ0) is 21.7. The van der Waals surface area contributed by atoms with E-state index in [4.69, 9.17) is 9.47 Å². The molecule has 2 rings (SSSR count). The second-order valence-corrected chi connectivity index (χ2v) is 17.4. The molecular weight excluding hydrogens is 553 g/mol. The summed E-state index contributed by atoms with van der Waals surface area (Å²) in [7, 11) is 0. The molecule has 2 atom stereocenters. The first-order valence-electron chi connectivity index (χ1n) is 10.0. The fourth-order valence-electron chi connectivity index (χ4n) is 3.09. The Morgan fingerprint density at radius 2 is 0.966 bits per heavy atom. The van der Waals surface area contributed by atoms with E-state index in [-0.39, 0.29) is 18.8 Å². The molecule has 0 N–H and O–H groups in total. The molecule has 5 heteroatoms. The number of carbonyl (C=O) groups excluding carboxylic acids is 2. The van der Waals surface area contributed by atoms with Crippen LogP contribution in [0.15, 0.2) is 60.7 Å². The van der Waals surface area contributed by atoms with Crippen LogP contribution in [0.4, 0.5) is 0 Å². The van der Waals surface area contributed by atoms with E-state index >= 15 is 0 Å². The summed E-state index contributed by atoms with van der Waals surface area (Å²) in [5, 5.41) is 0. The average Bonchev–Trinajstić information content (AvgIpc) is 2.61. The molecule has 0 radical (unpaired) electrons. The van der Waals surface area contributed by atoms with Gasteiger partial charge in [0.1, 0.15) is 0 Å². The van der Waals surface area contributed by atoms with Gasteiger partial charge in [0, 0.05) is 0 Å². The van der Waals surface area contributed by atoms with Crippen molar-refractivity contribution in [1.29, 1.82) is 0 Å². The van der Waals surface area contributed by atoms with Crippen molar-refractivity contribution in [3.05, 3.63) is 71.8 Å². The molecular formula is C24H30HgO4. The Labute approximate surface area is 186 Å². The molecule has 2 aromatic carbocycles. The van der Waals surface area contributed by atoms with Crippen LogP contribution in [0.2, 0.25) is 0 Å². The average molecular weight is 583 g/mol. The van der Waals surface area contributed by atoms with Gasteiger partial charge in [-0.15, -0.1) is 0 Å². The van der Waals surface area contributed by atoms with Crippen LogP contribution < -0.4 is 0 Å². The van der Waals surface area contributed by atoms with Gasteiger partial charge in [0.05, 0.1) is 0 Å². The maximum absolute atomic E-state index is 13.1. The quantitative estimate of drug-likeness (QED) is 0.346. The minimum atomic E-state index is -2.31. The van der Waals surface area contributed by atoms with E-state index in [1.54, 1.807) is 0 Å². The molecule has 29 heavy (non-hydrogen) atoms. The number of hydrogen-bond donors (Lipinski definition) is 0. The minimum absolute atomic E-state index is 0.241. The molecule has 0 aliphatic rings. The predicted octanol–water partition coefficient (Wildman–Crippen LogP) is 5.23. The number of hydrogen-bond acceptors (Lipinski definition) is 4. The summed E-state index contributed by atoms with van der Waals surface area (Å²) in [5.41, 5.74) is 0.693. The first kappa shape index (κ1) is 23.6. The molecule has 4 nitrogen and oxygen atoms in total. The van der Waals surface area contributed by atoms with Crippen molar-refractivity contribution in [3.8, 4) is 0 Å². The zero-order valence-electron chi connectivity index (χ0n) is 18.3. The van der Waals surface area contributed by atoms with Crippen LogP contribution >= 0.6 is 0 Å². The van der Waals surface area contributed by atoms with Gasteiger partial charge in [-0.25, -0.2) is 0 Å². The van der Waals surface area contributed by atoms with Crippen LogP contribution in [-0.4, -0.2) is 23.1 Å². The number of ether oxygens (including phenoxy) is 2. The first-order chi connectivity index (χ1) is 13.5. The van der Waals surface area contributed by atoms with E-state index in [1.807, 2.05) is 102 Å². The van der Waals surface area contributed by atoms with E-state index in [0.29, 0.717) is 0 Å². The monoisotopic (exact) mass is 584 g/mol. The first-order valence-corrected chi connectivity index (χ1v) is 16.4. The Kier molecular flexibility index (Phi) is 8.04. The van der Waals surface area contributed by atoms with Crippen molar-refractivity contribution in [3.63, 3.8) is 0 Å². The Balaban J connectivity index is 2.41. The molecule has 0 aliphatic carbocycles. The zero-order valence-corrected chi connectivity index (χ0v) is 23.8. The van der Waals surface area contributed by atoms with E-state index < -0.39 is 35.8 Å². The van der Waals surface area contributed by atoms with Gasteiger partial charge in [0.25, 0.3) is 0 Å². The molecule has 0 saturated heterocycles. The fraction of sp³-hybridized carbons (Fsp3) is 0.417. The fourth-order valence-corrected chi connectivity index (χ4v) is 11.3. The molecule has 0 amide bonds. The molecule has 0 fully saturated rings. The predicted molar refractivity (Wildman–Crippen MR) is 110 cm³/mol. The van der Waals surface area contributed by atoms with Crippen molar-refractivity contribution in [2.24, 2.45) is 0 Å². The molecule has 0 saturated carbocycles. The summed E-state index contributed by atoms with van der Waals surface area (Å²) in [4.78, 5) is 26.2. The number of rotatable bonds is 6. The number of esters is 2. The van der Waals surface area contributed by atoms with Crippen LogP contribution in [0, 0.1) is 0 Å². The third kappa shape index (κ3) is 7.92. The van der Waals surface area contributed by atoms with Gasteiger partial charge in [0.15, 0.2) is 0 Å². The molecule has 0 aliphatic heterocycles. The van der Waals surface area contributed by atoms with Gasteiger partial charge in [-0.1, -0.05) is 0 Å². The second kappa shape index (κ2) is 9.88. The number of carbonyl (C=O) groups is 2. The summed E-state index contributed by atoms with van der Waals surface area (Å²) < 4.78 is 10.8. The molecule has 2 aromatic rings. The van der Waals surface area contributed by atoms with Crippen molar-refractivity contribution < 1.29 is 43.6 Å². The van der Waals surface area contributed by atoms with Gasteiger partial charge in [0.2, 0.25) is 0 Å².